The topological polar surface area (TPSA) is 67.5 Å². The molecule has 0 aliphatic rings. The van der Waals surface area contributed by atoms with Gasteiger partial charge in [-0.1, -0.05) is 24.3 Å². The minimum atomic E-state index is -0.176. The van der Waals surface area contributed by atoms with E-state index in [0.29, 0.717) is 27.7 Å². The smallest absolute Gasteiger partial charge is 0.200 e. The molecule has 0 aliphatic heterocycles. The molecule has 0 bridgehead atoms. The second-order valence-corrected chi connectivity index (χ2v) is 4.40. The second kappa shape index (κ2) is 4.66. The van der Waals surface area contributed by atoms with E-state index < -0.39 is 0 Å². The van der Waals surface area contributed by atoms with E-state index in [1.54, 1.807) is 24.3 Å². The van der Waals surface area contributed by atoms with Crippen molar-refractivity contribution in [1.29, 1.82) is 0 Å². The van der Waals surface area contributed by atoms with E-state index in [-0.39, 0.29) is 11.2 Å². The van der Waals surface area contributed by atoms with Crippen LogP contribution < -0.4 is 5.43 Å². The van der Waals surface area contributed by atoms with E-state index in [1.807, 2.05) is 0 Å². The monoisotopic (exact) mass is 266 g/mol. The van der Waals surface area contributed by atoms with E-state index in [0.717, 1.165) is 6.29 Å². The average Bonchev–Trinajstić information content (AvgIpc) is 2.48. The number of benzene rings is 2. The Hall–Kier alpha value is -2.88. The molecule has 0 amide bonds. The molecule has 0 radical (unpaired) electrons. The standard InChI is InChI=1S/C16H10O4/c17-8-10-1-3-11(4-2-10)14-9-20-15-7-12(18)5-6-13(15)16(14)19/h1-9,18H. The van der Waals surface area contributed by atoms with Gasteiger partial charge in [-0.25, -0.2) is 0 Å². The Balaban J connectivity index is 2.21. The summed E-state index contributed by atoms with van der Waals surface area (Å²) in [4.78, 5) is 23.0. The van der Waals surface area contributed by atoms with E-state index in [2.05, 4.69) is 0 Å². The van der Waals surface area contributed by atoms with Crippen molar-refractivity contribution in [3.8, 4) is 16.9 Å². The van der Waals surface area contributed by atoms with Crippen molar-refractivity contribution in [2.75, 3.05) is 0 Å². The Morgan fingerprint density at radius 2 is 1.80 bits per heavy atom. The van der Waals surface area contributed by atoms with Crippen molar-refractivity contribution in [2.45, 2.75) is 0 Å². The van der Waals surface area contributed by atoms with E-state index in [9.17, 15) is 14.7 Å². The van der Waals surface area contributed by atoms with Crippen LogP contribution in [0.2, 0.25) is 0 Å². The van der Waals surface area contributed by atoms with Crippen LogP contribution in [0, 0.1) is 0 Å². The lowest BCUT2D eigenvalue weighted by Gasteiger charge is -2.03. The first-order chi connectivity index (χ1) is 9.69. The average molecular weight is 266 g/mol. The number of phenols is 1. The Morgan fingerprint density at radius 3 is 2.50 bits per heavy atom. The highest BCUT2D eigenvalue weighted by Gasteiger charge is 2.09. The SMILES string of the molecule is O=Cc1ccc(-c2coc3cc(O)ccc3c2=O)cc1. The highest BCUT2D eigenvalue weighted by molar-refractivity contribution is 5.83. The molecule has 0 unspecified atom stereocenters. The van der Waals surface area contributed by atoms with Gasteiger partial charge in [-0.15, -0.1) is 0 Å². The number of aldehydes is 1. The van der Waals surface area contributed by atoms with Crippen LogP contribution in [0.1, 0.15) is 10.4 Å². The maximum absolute atomic E-state index is 12.4. The molecule has 0 saturated heterocycles. The first-order valence-corrected chi connectivity index (χ1v) is 5.99. The lowest BCUT2D eigenvalue weighted by Crippen LogP contribution is -2.04. The van der Waals surface area contributed by atoms with Gasteiger partial charge in [0.2, 0.25) is 0 Å². The minimum Gasteiger partial charge on any atom is -0.508 e. The largest absolute Gasteiger partial charge is 0.508 e. The molecule has 4 nitrogen and oxygen atoms in total. The van der Waals surface area contributed by atoms with Crippen LogP contribution in [-0.2, 0) is 0 Å². The van der Waals surface area contributed by atoms with Crippen LogP contribution in [0.15, 0.2) is 57.9 Å². The summed E-state index contributed by atoms with van der Waals surface area (Å²) in [6, 6.07) is 11.0. The van der Waals surface area contributed by atoms with Gasteiger partial charge in [0.05, 0.1) is 10.9 Å². The molecular formula is C16H10O4. The molecule has 0 saturated carbocycles. The maximum Gasteiger partial charge on any atom is 0.200 e. The highest BCUT2D eigenvalue weighted by Crippen LogP contribution is 2.22. The Kier molecular flexibility index (Phi) is 2.84. The summed E-state index contributed by atoms with van der Waals surface area (Å²) in [7, 11) is 0. The molecule has 0 fully saturated rings. The van der Waals surface area contributed by atoms with Crippen LogP contribution >= 0.6 is 0 Å². The minimum absolute atomic E-state index is 0.0451. The van der Waals surface area contributed by atoms with Gasteiger partial charge in [0.15, 0.2) is 5.43 Å². The summed E-state index contributed by atoms with van der Waals surface area (Å²) in [5, 5.41) is 9.77. The van der Waals surface area contributed by atoms with Crippen LogP contribution in [0.25, 0.3) is 22.1 Å². The van der Waals surface area contributed by atoms with Crippen LogP contribution in [0.5, 0.6) is 5.75 Å². The van der Waals surface area contributed by atoms with E-state index >= 15 is 0 Å². The molecule has 3 aromatic rings. The predicted molar refractivity (Wildman–Crippen MR) is 75.0 cm³/mol. The summed E-state index contributed by atoms with van der Waals surface area (Å²) in [6.45, 7) is 0. The molecule has 2 aromatic carbocycles. The zero-order valence-corrected chi connectivity index (χ0v) is 10.4. The van der Waals surface area contributed by atoms with Gasteiger partial charge in [-0.3, -0.25) is 9.59 Å². The molecule has 1 heterocycles. The number of carbonyl (C=O) groups excluding carboxylic acids is 1. The van der Waals surface area contributed by atoms with E-state index in [4.69, 9.17) is 4.42 Å². The normalized spacial score (nSPS) is 10.6. The van der Waals surface area contributed by atoms with E-state index in [1.165, 1.54) is 24.5 Å². The van der Waals surface area contributed by atoms with Gasteiger partial charge in [0.25, 0.3) is 0 Å². The van der Waals surface area contributed by atoms with Gasteiger partial charge >= 0.3 is 0 Å². The van der Waals surface area contributed by atoms with Gasteiger partial charge in [0, 0.05) is 11.6 Å². The van der Waals surface area contributed by atoms with Crippen LogP contribution in [-0.4, -0.2) is 11.4 Å². The maximum atomic E-state index is 12.4. The van der Waals surface area contributed by atoms with Crippen molar-refractivity contribution < 1.29 is 14.3 Å². The fourth-order valence-electron chi connectivity index (χ4n) is 2.06. The highest BCUT2D eigenvalue weighted by atomic mass is 16.3. The van der Waals surface area contributed by atoms with Crippen molar-refractivity contribution in [3.05, 3.63) is 64.5 Å². The molecule has 0 aliphatic carbocycles. The molecule has 0 atom stereocenters. The first kappa shape index (κ1) is 12.2. The fraction of sp³-hybridized carbons (Fsp3) is 0. The fourth-order valence-corrected chi connectivity index (χ4v) is 2.06. The Morgan fingerprint density at radius 1 is 1.05 bits per heavy atom. The molecule has 1 N–H and O–H groups in total. The number of rotatable bonds is 2. The third kappa shape index (κ3) is 1.97. The van der Waals surface area contributed by atoms with Crippen molar-refractivity contribution in [1.82, 2.24) is 0 Å². The van der Waals surface area contributed by atoms with Crippen molar-refractivity contribution in [3.63, 3.8) is 0 Å². The summed E-state index contributed by atoms with van der Waals surface area (Å²) >= 11 is 0. The lowest BCUT2D eigenvalue weighted by molar-refractivity contribution is 0.112. The molecule has 1 aromatic heterocycles. The quantitative estimate of drug-likeness (QED) is 0.724. The number of aromatic hydroxyl groups is 1. The third-order valence-electron chi connectivity index (χ3n) is 3.12. The van der Waals surface area contributed by atoms with Crippen LogP contribution in [0.3, 0.4) is 0 Å². The lowest BCUT2D eigenvalue weighted by atomic mass is 10.0. The van der Waals surface area contributed by atoms with Crippen molar-refractivity contribution >= 4 is 17.3 Å². The number of hydrogen-bond donors (Lipinski definition) is 1. The Bertz CT molecular complexity index is 844. The van der Waals surface area contributed by atoms with Crippen LogP contribution in [0.4, 0.5) is 0 Å². The number of carbonyl (C=O) groups is 1. The zero-order valence-electron chi connectivity index (χ0n) is 10.4. The van der Waals surface area contributed by atoms with Gasteiger partial charge in [-0.05, 0) is 17.7 Å². The molecule has 4 heteroatoms. The zero-order chi connectivity index (χ0) is 14.1. The van der Waals surface area contributed by atoms with Crippen molar-refractivity contribution in [2.24, 2.45) is 0 Å². The molecule has 3 rings (SSSR count). The Labute approximate surface area is 113 Å². The molecule has 0 spiro atoms. The van der Waals surface area contributed by atoms with Gasteiger partial charge < -0.3 is 9.52 Å². The second-order valence-electron chi connectivity index (χ2n) is 4.40. The molecule has 20 heavy (non-hydrogen) atoms. The number of hydrogen-bond acceptors (Lipinski definition) is 4. The summed E-state index contributed by atoms with van der Waals surface area (Å²) < 4.78 is 5.39. The predicted octanol–water partition coefficient (Wildman–Crippen LogP) is 2.98. The van der Waals surface area contributed by atoms with Gasteiger partial charge in [0.1, 0.15) is 23.9 Å². The van der Waals surface area contributed by atoms with Gasteiger partial charge in [-0.2, -0.15) is 0 Å². The summed E-state index contributed by atoms with van der Waals surface area (Å²) in [5.41, 5.74) is 1.80. The summed E-state index contributed by atoms with van der Waals surface area (Å²) in [5.74, 6) is 0.0451. The number of phenolic OH excluding ortho intramolecular Hbond substituents is 1. The first-order valence-electron chi connectivity index (χ1n) is 5.99. The molecule has 98 valence electrons. The molecular weight excluding hydrogens is 256 g/mol. The summed E-state index contributed by atoms with van der Waals surface area (Å²) in [6.07, 6.45) is 2.11. The third-order valence-corrected chi connectivity index (χ3v) is 3.12. The number of fused-ring (bicyclic) bond motifs is 1.